The predicted molar refractivity (Wildman–Crippen MR) is 93.3 cm³/mol. The Bertz CT molecular complexity index is 369. The molecule has 0 aromatic heterocycles. The van der Waals surface area contributed by atoms with Crippen molar-refractivity contribution >= 4 is 18.3 Å². The molecule has 3 nitrogen and oxygen atoms in total. The summed E-state index contributed by atoms with van der Waals surface area (Å²) < 4.78 is 0. The van der Waals surface area contributed by atoms with Gasteiger partial charge in [0.05, 0.1) is 0 Å². The number of carbonyl (C=O) groups excluding carboxylic acids is 1. The molecule has 2 bridgehead atoms. The molecule has 2 heterocycles. The van der Waals surface area contributed by atoms with E-state index in [1.807, 2.05) is 0 Å². The summed E-state index contributed by atoms with van der Waals surface area (Å²) in [6, 6.07) is 1.39. The van der Waals surface area contributed by atoms with Gasteiger partial charge in [-0.3, -0.25) is 4.79 Å². The Hall–Kier alpha value is -0.280. The van der Waals surface area contributed by atoms with E-state index < -0.39 is 0 Å². The molecule has 0 aromatic rings. The lowest BCUT2D eigenvalue weighted by Crippen LogP contribution is -2.44. The number of amides is 1. The topological polar surface area (TPSA) is 41.1 Å². The molecule has 2 N–H and O–H groups in total. The second-order valence-electron chi connectivity index (χ2n) is 8.41. The summed E-state index contributed by atoms with van der Waals surface area (Å²) in [4.78, 5) is 12.3. The van der Waals surface area contributed by atoms with Gasteiger partial charge in [-0.2, -0.15) is 0 Å². The van der Waals surface area contributed by atoms with Crippen LogP contribution in [0.4, 0.5) is 0 Å². The standard InChI is InChI=1S/C18H32N2O.ClH/c1-13(2)11-18(6-3-7-18)12-19-17(21)10-14-8-15-4-5-16(9-14)20-15;/h13-16,20H,3-12H2,1-2H3,(H,19,21);1H. The SMILES string of the molecule is CC(C)CC1(CNC(=O)CC2CC3CCC(C2)N3)CCC1.Cl. The number of hydrogen-bond donors (Lipinski definition) is 2. The van der Waals surface area contributed by atoms with Crippen molar-refractivity contribution in [3.8, 4) is 0 Å². The Morgan fingerprint density at radius 2 is 1.86 bits per heavy atom. The minimum Gasteiger partial charge on any atom is -0.356 e. The van der Waals surface area contributed by atoms with E-state index in [0.29, 0.717) is 29.3 Å². The quantitative estimate of drug-likeness (QED) is 0.781. The van der Waals surface area contributed by atoms with E-state index in [1.165, 1.54) is 51.4 Å². The highest BCUT2D eigenvalue weighted by atomic mass is 35.5. The molecule has 3 rings (SSSR count). The van der Waals surface area contributed by atoms with Crippen LogP contribution in [0.5, 0.6) is 0 Å². The van der Waals surface area contributed by atoms with Crippen LogP contribution in [-0.2, 0) is 4.79 Å². The molecule has 4 heteroatoms. The minimum atomic E-state index is 0. The molecule has 0 aromatic carbocycles. The molecular weight excluding hydrogens is 296 g/mol. The monoisotopic (exact) mass is 328 g/mol. The lowest BCUT2D eigenvalue weighted by atomic mass is 9.64. The van der Waals surface area contributed by atoms with Gasteiger partial charge in [0.15, 0.2) is 0 Å². The molecule has 3 aliphatic rings. The number of fused-ring (bicyclic) bond motifs is 2. The normalized spacial score (nSPS) is 32.2. The maximum atomic E-state index is 12.3. The molecule has 2 saturated heterocycles. The fourth-order valence-corrected chi connectivity index (χ4v) is 4.96. The van der Waals surface area contributed by atoms with Gasteiger partial charge in [0.2, 0.25) is 5.91 Å². The Morgan fingerprint density at radius 3 is 2.36 bits per heavy atom. The molecule has 128 valence electrons. The molecule has 1 aliphatic carbocycles. The van der Waals surface area contributed by atoms with E-state index in [2.05, 4.69) is 24.5 Å². The summed E-state index contributed by atoms with van der Waals surface area (Å²) in [7, 11) is 0. The third kappa shape index (κ3) is 4.38. The van der Waals surface area contributed by atoms with Crippen LogP contribution in [0.3, 0.4) is 0 Å². The van der Waals surface area contributed by atoms with E-state index in [9.17, 15) is 4.79 Å². The van der Waals surface area contributed by atoms with Gasteiger partial charge in [-0.15, -0.1) is 12.4 Å². The first kappa shape index (κ1) is 18.1. The summed E-state index contributed by atoms with van der Waals surface area (Å²) in [5, 5.41) is 6.93. The highest BCUT2D eigenvalue weighted by Gasteiger charge is 2.38. The summed E-state index contributed by atoms with van der Waals surface area (Å²) in [5.74, 6) is 1.66. The van der Waals surface area contributed by atoms with Gasteiger partial charge >= 0.3 is 0 Å². The van der Waals surface area contributed by atoms with Crippen LogP contribution < -0.4 is 10.6 Å². The molecule has 0 spiro atoms. The van der Waals surface area contributed by atoms with E-state index in [1.54, 1.807) is 0 Å². The third-order valence-corrected chi connectivity index (χ3v) is 5.96. The van der Waals surface area contributed by atoms with Crippen LogP contribution >= 0.6 is 12.4 Å². The number of carbonyl (C=O) groups is 1. The maximum absolute atomic E-state index is 12.3. The van der Waals surface area contributed by atoms with Crippen molar-refractivity contribution in [2.24, 2.45) is 17.3 Å². The van der Waals surface area contributed by atoms with Gasteiger partial charge in [0, 0.05) is 25.0 Å². The fourth-order valence-electron chi connectivity index (χ4n) is 4.96. The van der Waals surface area contributed by atoms with E-state index >= 15 is 0 Å². The molecule has 1 saturated carbocycles. The van der Waals surface area contributed by atoms with E-state index in [-0.39, 0.29) is 12.4 Å². The molecule has 3 fully saturated rings. The number of halogens is 1. The Morgan fingerprint density at radius 1 is 1.23 bits per heavy atom. The average Bonchev–Trinajstić information content (AvgIpc) is 2.71. The maximum Gasteiger partial charge on any atom is 0.220 e. The van der Waals surface area contributed by atoms with Gasteiger partial charge in [-0.1, -0.05) is 20.3 Å². The van der Waals surface area contributed by atoms with E-state index in [4.69, 9.17) is 0 Å². The molecule has 1 amide bonds. The molecule has 2 aliphatic heterocycles. The molecule has 0 radical (unpaired) electrons. The van der Waals surface area contributed by atoms with Crippen LogP contribution in [0.25, 0.3) is 0 Å². The van der Waals surface area contributed by atoms with Crippen LogP contribution in [-0.4, -0.2) is 24.5 Å². The van der Waals surface area contributed by atoms with Crippen molar-refractivity contribution in [2.45, 2.75) is 83.7 Å². The number of nitrogens with one attached hydrogen (secondary N) is 2. The molecule has 22 heavy (non-hydrogen) atoms. The van der Waals surface area contributed by atoms with E-state index in [0.717, 1.165) is 18.9 Å². The van der Waals surface area contributed by atoms with Crippen molar-refractivity contribution < 1.29 is 4.79 Å². The Kier molecular flexibility index (Phi) is 6.18. The predicted octanol–water partition coefficient (Wildman–Crippen LogP) is 3.66. The molecular formula is C18H33ClN2O. The first-order valence-corrected chi connectivity index (χ1v) is 9.07. The third-order valence-electron chi connectivity index (χ3n) is 5.96. The van der Waals surface area contributed by atoms with Crippen molar-refractivity contribution in [1.82, 2.24) is 10.6 Å². The van der Waals surface area contributed by atoms with Gasteiger partial charge in [-0.25, -0.2) is 0 Å². The van der Waals surface area contributed by atoms with Crippen LogP contribution in [0, 0.1) is 17.3 Å². The van der Waals surface area contributed by atoms with Crippen molar-refractivity contribution in [3.63, 3.8) is 0 Å². The average molecular weight is 329 g/mol. The Labute approximate surface area is 141 Å². The lowest BCUT2D eigenvalue weighted by Gasteiger charge is -2.43. The van der Waals surface area contributed by atoms with Gasteiger partial charge in [-0.05, 0) is 62.2 Å². The highest BCUT2D eigenvalue weighted by Crippen LogP contribution is 2.45. The van der Waals surface area contributed by atoms with Crippen LogP contribution in [0.1, 0.15) is 71.6 Å². The zero-order valence-electron chi connectivity index (χ0n) is 14.2. The number of hydrogen-bond acceptors (Lipinski definition) is 2. The molecule has 2 atom stereocenters. The zero-order chi connectivity index (χ0) is 14.9. The second kappa shape index (κ2) is 7.53. The van der Waals surface area contributed by atoms with Crippen LogP contribution in [0.15, 0.2) is 0 Å². The van der Waals surface area contributed by atoms with Gasteiger partial charge in [0.1, 0.15) is 0 Å². The van der Waals surface area contributed by atoms with Gasteiger partial charge < -0.3 is 10.6 Å². The first-order chi connectivity index (χ1) is 10.0. The molecule has 2 unspecified atom stereocenters. The summed E-state index contributed by atoms with van der Waals surface area (Å²) in [6.07, 6.45) is 11.0. The smallest absolute Gasteiger partial charge is 0.220 e. The number of rotatable bonds is 6. The first-order valence-electron chi connectivity index (χ1n) is 9.07. The summed E-state index contributed by atoms with van der Waals surface area (Å²) >= 11 is 0. The fraction of sp³-hybridized carbons (Fsp3) is 0.944. The zero-order valence-corrected chi connectivity index (χ0v) is 15.0. The van der Waals surface area contributed by atoms with Crippen LogP contribution in [0.2, 0.25) is 0 Å². The minimum absolute atomic E-state index is 0. The van der Waals surface area contributed by atoms with Crippen molar-refractivity contribution in [1.29, 1.82) is 0 Å². The summed E-state index contributed by atoms with van der Waals surface area (Å²) in [5.41, 5.74) is 0.428. The van der Waals surface area contributed by atoms with Crippen molar-refractivity contribution in [2.75, 3.05) is 6.54 Å². The summed E-state index contributed by atoms with van der Waals surface area (Å²) in [6.45, 7) is 5.52. The van der Waals surface area contributed by atoms with Crippen molar-refractivity contribution in [3.05, 3.63) is 0 Å². The highest BCUT2D eigenvalue weighted by molar-refractivity contribution is 5.85. The number of piperidine rings is 1. The largest absolute Gasteiger partial charge is 0.356 e. The Balaban J connectivity index is 0.00000176. The lowest BCUT2D eigenvalue weighted by molar-refractivity contribution is -0.123. The second-order valence-corrected chi connectivity index (χ2v) is 8.41. The van der Waals surface area contributed by atoms with Gasteiger partial charge in [0.25, 0.3) is 0 Å².